The molecule has 0 aliphatic heterocycles. The van der Waals surface area contributed by atoms with Crippen molar-refractivity contribution in [3.8, 4) is 0 Å². The Morgan fingerprint density at radius 3 is 1.39 bits per heavy atom. The summed E-state index contributed by atoms with van der Waals surface area (Å²) in [5.74, 6) is 0. The zero-order chi connectivity index (χ0) is 40.5. The molecule has 0 spiro atoms. The minimum Gasteiger partial charge on any atom is -0.308 e. The first-order chi connectivity index (χ1) is 30.8. The van der Waals surface area contributed by atoms with Crippen molar-refractivity contribution in [2.75, 3.05) is 9.80 Å². The Hall–Kier alpha value is -8.41. The van der Waals surface area contributed by atoms with Crippen LogP contribution in [0.1, 0.15) is 0 Å². The van der Waals surface area contributed by atoms with Gasteiger partial charge < -0.3 is 14.2 Å². The van der Waals surface area contributed by atoms with E-state index in [0.29, 0.717) is 0 Å². The monoisotopic (exact) mass is 789 g/mol. The zero-order valence-electron chi connectivity index (χ0n) is 33.4. The Morgan fingerprint density at radius 2 is 0.790 bits per heavy atom. The maximum Gasteiger partial charge on any atom is 0.146 e. The number of fused-ring (bicyclic) bond motifs is 14. The Balaban J connectivity index is 1.15. The molecule has 288 valence electrons. The van der Waals surface area contributed by atoms with Gasteiger partial charge in [0, 0.05) is 60.5 Å². The average molecular weight is 790 g/mol. The molecule has 14 aromatic rings. The molecule has 0 aliphatic carbocycles. The Bertz CT molecular complexity index is 3950. The first-order valence-corrected chi connectivity index (χ1v) is 21.2. The molecule has 0 fully saturated rings. The molecule has 0 saturated carbocycles. The smallest absolute Gasteiger partial charge is 0.146 e. The van der Waals surface area contributed by atoms with E-state index in [9.17, 15) is 0 Å². The van der Waals surface area contributed by atoms with Crippen LogP contribution in [0.5, 0.6) is 0 Å². The summed E-state index contributed by atoms with van der Waals surface area (Å²) in [6.45, 7) is 0. The first-order valence-electron chi connectivity index (χ1n) is 21.2. The molecule has 0 bridgehead atoms. The van der Waals surface area contributed by atoms with Crippen molar-refractivity contribution in [2.45, 2.75) is 0 Å². The average Bonchev–Trinajstić information content (AvgIpc) is 4.06. The van der Waals surface area contributed by atoms with Crippen molar-refractivity contribution in [2.24, 2.45) is 0 Å². The molecule has 0 amide bonds. The molecule has 5 heterocycles. The van der Waals surface area contributed by atoms with Gasteiger partial charge >= 0.3 is 0 Å². The van der Waals surface area contributed by atoms with Crippen LogP contribution in [0.3, 0.4) is 0 Å². The highest BCUT2D eigenvalue weighted by Gasteiger charge is 2.28. The van der Waals surface area contributed by atoms with Crippen molar-refractivity contribution in [3.05, 3.63) is 212 Å². The molecule has 0 saturated heterocycles. The summed E-state index contributed by atoms with van der Waals surface area (Å²) in [7, 11) is 0. The lowest BCUT2D eigenvalue weighted by molar-refractivity contribution is 1.25. The van der Waals surface area contributed by atoms with Crippen LogP contribution in [0.2, 0.25) is 0 Å². The number of rotatable bonds is 6. The van der Waals surface area contributed by atoms with E-state index in [1.165, 1.54) is 54.3 Å². The highest BCUT2D eigenvalue weighted by atomic mass is 15.2. The van der Waals surface area contributed by atoms with Gasteiger partial charge in [-0.3, -0.25) is 4.40 Å². The predicted octanol–water partition coefficient (Wildman–Crippen LogP) is 15.5. The minimum absolute atomic E-state index is 0.963. The molecule has 5 nitrogen and oxygen atoms in total. The normalized spacial score (nSPS) is 12.2. The van der Waals surface area contributed by atoms with E-state index in [1.807, 2.05) is 0 Å². The fourth-order valence-electron chi connectivity index (χ4n) is 10.6. The molecule has 0 unspecified atom stereocenters. The number of aromatic nitrogens is 3. The minimum atomic E-state index is 0.963. The number of benzene rings is 9. The fraction of sp³-hybridized carbons (Fsp3) is 0. The Morgan fingerprint density at radius 1 is 0.323 bits per heavy atom. The van der Waals surface area contributed by atoms with Crippen molar-refractivity contribution >= 4 is 121 Å². The number of hydrogen-bond acceptors (Lipinski definition) is 3. The highest BCUT2D eigenvalue weighted by Crippen LogP contribution is 2.50. The number of para-hydroxylation sites is 7. The van der Waals surface area contributed by atoms with Crippen LogP contribution < -0.4 is 9.80 Å². The molecular formula is C57H35N5. The third-order valence-electron chi connectivity index (χ3n) is 13.1. The van der Waals surface area contributed by atoms with E-state index in [0.717, 1.165) is 67.1 Å². The molecule has 9 aromatic carbocycles. The van der Waals surface area contributed by atoms with Gasteiger partial charge in [0.2, 0.25) is 0 Å². The van der Waals surface area contributed by atoms with Crippen LogP contribution in [0.4, 0.5) is 34.1 Å². The lowest BCUT2D eigenvalue weighted by Crippen LogP contribution is -2.10. The number of anilines is 6. The Kier molecular flexibility index (Phi) is 6.77. The summed E-state index contributed by atoms with van der Waals surface area (Å²) < 4.78 is 4.97. The Labute approximate surface area is 355 Å². The van der Waals surface area contributed by atoms with Crippen LogP contribution in [-0.4, -0.2) is 13.8 Å². The molecule has 5 aromatic heterocycles. The standard InChI is InChI=1S/C57H35N5/c1-5-19-37(20-6-1)59(38-21-7-2-8-22-38)48-32-16-29-43-42-28-15-31-45-52-50(61(53(42)45)54(43)48)35-47-46-34-36-18-13-14-27-41(36)51-44-30-17-33-49(55(44)62(56(46)51)57(47)58-52)60(39-23-9-3-10-24-39)40-25-11-4-12-26-40/h1-35H. The van der Waals surface area contributed by atoms with Gasteiger partial charge in [-0.2, -0.15) is 0 Å². The van der Waals surface area contributed by atoms with E-state index < -0.39 is 0 Å². The van der Waals surface area contributed by atoms with Gasteiger partial charge in [-0.15, -0.1) is 0 Å². The van der Waals surface area contributed by atoms with E-state index in [4.69, 9.17) is 4.98 Å². The summed E-state index contributed by atoms with van der Waals surface area (Å²) in [6.07, 6.45) is 0. The quantitative estimate of drug-likeness (QED) is 0.168. The molecule has 5 heteroatoms. The van der Waals surface area contributed by atoms with Crippen LogP contribution in [0, 0.1) is 0 Å². The largest absolute Gasteiger partial charge is 0.308 e. The van der Waals surface area contributed by atoms with E-state index in [-0.39, 0.29) is 0 Å². The fourth-order valence-corrected chi connectivity index (χ4v) is 10.6. The maximum atomic E-state index is 5.85. The van der Waals surface area contributed by atoms with Gasteiger partial charge in [-0.05, 0) is 83.6 Å². The van der Waals surface area contributed by atoms with Gasteiger partial charge in [-0.1, -0.05) is 140 Å². The van der Waals surface area contributed by atoms with Crippen molar-refractivity contribution < 1.29 is 0 Å². The van der Waals surface area contributed by atoms with Gasteiger partial charge in [0.25, 0.3) is 0 Å². The topological polar surface area (TPSA) is 28.2 Å². The number of pyridine rings is 1. The summed E-state index contributed by atoms with van der Waals surface area (Å²) >= 11 is 0. The van der Waals surface area contributed by atoms with Gasteiger partial charge in [0.15, 0.2) is 0 Å². The summed E-state index contributed by atoms with van der Waals surface area (Å²) in [4.78, 5) is 10.6. The third-order valence-corrected chi connectivity index (χ3v) is 13.1. The summed E-state index contributed by atoms with van der Waals surface area (Å²) in [6, 6.07) is 76.8. The molecule has 0 atom stereocenters. The highest BCUT2D eigenvalue weighted by molar-refractivity contribution is 6.34. The molecule has 62 heavy (non-hydrogen) atoms. The summed E-state index contributed by atoms with van der Waals surface area (Å²) in [5, 5.41) is 10.9. The lowest BCUT2D eigenvalue weighted by atomic mass is 10.00. The van der Waals surface area contributed by atoms with Gasteiger partial charge in [0.05, 0.1) is 44.5 Å². The molecule has 0 N–H and O–H groups in total. The molecule has 14 rings (SSSR count). The SMILES string of the molecule is c1ccc(N(c2ccccc2)c2cccc3c4cccc5c6nc7c(cc6n(c23)c45)c2cc3ccccc3c3c4cccc(N(c5ccccc5)c5ccccc5)c4n7c23)cc1. The van der Waals surface area contributed by atoms with Gasteiger partial charge in [-0.25, -0.2) is 4.98 Å². The zero-order valence-corrected chi connectivity index (χ0v) is 33.4. The number of hydrogen-bond donors (Lipinski definition) is 0. The van der Waals surface area contributed by atoms with Crippen LogP contribution >= 0.6 is 0 Å². The van der Waals surface area contributed by atoms with Crippen LogP contribution in [0.15, 0.2) is 212 Å². The second kappa shape index (κ2) is 12.6. The molecular weight excluding hydrogens is 755 g/mol. The lowest BCUT2D eigenvalue weighted by Gasteiger charge is -2.26. The third kappa shape index (κ3) is 4.43. The summed E-state index contributed by atoms with van der Waals surface area (Å²) in [5.41, 5.74) is 14.4. The van der Waals surface area contributed by atoms with Crippen molar-refractivity contribution in [1.29, 1.82) is 0 Å². The number of nitrogens with zero attached hydrogens (tertiary/aromatic N) is 5. The van der Waals surface area contributed by atoms with Crippen LogP contribution in [-0.2, 0) is 0 Å². The van der Waals surface area contributed by atoms with E-state index in [1.54, 1.807) is 0 Å². The second-order valence-electron chi connectivity index (χ2n) is 16.3. The second-order valence-corrected chi connectivity index (χ2v) is 16.3. The van der Waals surface area contributed by atoms with Gasteiger partial charge in [0.1, 0.15) is 5.65 Å². The predicted molar refractivity (Wildman–Crippen MR) is 260 cm³/mol. The maximum absolute atomic E-state index is 5.85. The van der Waals surface area contributed by atoms with Crippen molar-refractivity contribution in [3.63, 3.8) is 0 Å². The van der Waals surface area contributed by atoms with Crippen LogP contribution in [0.25, 0.3) is 87.2 Å². The van der Waals surface area contributed by atoms with E-state index >= 15 is 0 Å². The van der Waals surface area contributed by atoms with E-state index in [2.05, 4.69) is 231 Å². The first kappa shape index (κ1) is 33.4. The molecule has 0 radical (unpaired) electrons. The molecule has 0 aliphatic rings. The van der Waals surface area contributed by atoms with Crippen molar-refractivity contribution in [1.82, 2.24) is 13.8 Å².